The fraction of sp³-hybridized carbons (Fsp3) is 0.300. The molecule has 0 fully saturated rings. The topological polar surface area (TPSA) is 9.23 Å². The standard InChI is InChI=1S/C10H10Cl3O/c1-7-3-4-8(14-2)5-9(7)10(12,13)6-11/h3-5H,1,6H2,2H3. The highest BCUT2D eigenvalue weighted by Gasteiger charge is 2.27. The first-order chi connectivity index (χ1) is 6.51. The predicted octanol–water partition coefficient (Wildman–Crippen LogP) is 3.75. The first kappa shape index (κ1) is 12.0. The molecule has 0 saturated heterocycles. The summed E-state index contributed by atoms with van der Waals surface area (Å²) in [5, 5.41) is 0. The van der Waals surface area contributed by atoms with Gasteiger partial charge in [0.1, 0.15) is 5.75 Å². The lowest BCUT2D eigenvalue weighted by molar-refractivity contribution is 0.414. The molecule has 0 aliphatic rings. The summed E-state index contributed by atoms with van der Waals surface area (Å²) in [6, 6.07) is 5.33. The number of rotatable bonds is 3. The van der Waals surface area contributed by atoms with Crippen molar-refractivity contribution in [1.82, 2.24) is 0 Å². The molecule has 0 aliphatic heterocycles. The molecule has 1 rings (SSSR count). The van der Waals surface area contributed by atoms with Crippen molar-refractivity contribution in [3.05, 3.63) is 36.2 Å². The van der Waals surface area contributed by atoms with Gasteiger partial charge in [-0.3, -0.25) is 0 Å². The molecule has 14 heavy (non-hydrogen) atoms. The Balaban J connectivity index is 3.18. The number of alkyl halides is 3. The van der Waals surface area contributed by atoms with Crippen LogP contribution >= 0.6 is 34.8 Å². The van der Waals surface area contributed by atoms with Crippen LogP contribution in [0.2, 0.25) is 0 Å². The van der Waals surface area contributed by atoms with E-state index in [-0.39, 0.29) is 5.88 Å². The Morgan fingerprint density at radius 3 is 2.57 bits per heavy atom. The lowest BCUT2D eigenvalue weighted by Crippen LogP contribution is -2.14. The van der Waals surface area contributed by atoms with E-state index in [9.17, 15) is 0 Å². The molecule has 1 aromatic carbocycles. The van der Waals surface area contributed by atoms with E-state index in [0.717, 1.165) is 5.56 Å². The van der Waals surface area contributed by atoms with Crippen LogP contribution in [0.25, 0.3) is 0 Å². The molecule has 0 heterocycles. The molecule has 1 radical (unpaired) electrons. The largest absolute Gasteiger partial charge is 0.497 e. The monoisotopic (exact) mass is 251 g/mol. The van der Waals surface area contributed by atoms with Gasteiger partial charge in [0, 0.05) is 0 Å². The summed E-state index contributed by atoms with van der Waals surface area (Å²) in [7, 11) is 1.58. The van der Waals surface area contributed by atoms with Crippen LogP contribution in [0.15, 0.2) is 18.2 Å². The number of ether oxygens (including phenoxy) is 1. The maximum atomic E-state index is 6.02. The lowest BCUT2D eigenvalue weighted by atomic mass is 10.1. The summed E-state index contributed by atoms with van der Waals surface area (Å²) < 4.78 is 3.94. The quantitative estimate of drug-likeness (QED) is 0.745. The van der Waals surface area contributed by atoms with E-state index < -0.39 is 4.33 Å². The first-order valence-corrected chi connectivity index (χ1v) is 5.24. The van der Waals surface area contributed by atoms with Gasteiger partial charge in [-0.2, -0.15) is 0 Å². The van der Waals surface area contributed by atoms with E-state index >= 15 is 0 Å². The van der Waals surface area contributed by atoms with Crippen molar-refractivity contribution in [2.24, 2.45) is 0 Å². The van der Waals surface area contributed by atoms with Crippen LogP contribution in [0.1, 0.15) is 11.1 Å². The van der Waals surface area contributed by atoms with Crippen LogP contribution in [0.3, 0.4) is 0 Å². The maximum Gasteiger partial charge on any atom is 0.156 e. The van der Waals surface area contributed by atoms with E-state index in [1.807, 2.05) is 0 Å². The van der Waals surface area contributed by atoms with Crippen LogP contribution in [0.5, 0.6) is 5.75 Å². The number of hydrogen-bond acceptors (Lipinski definition) is 1. The van der Waals surface area contributed by atoms with Crippen molar-refractivity contribution < 1.29 is 4.74 Å². The summed E-state index contributed by atoms with van der Waals surface area (Å²) in [6.45, 7) is 3.83. The van der Waals surface area contributed by atoms with Crippen LogP contribution in [0, 0.1) is 6.92 Å². The zero-order valence-electron chi connectivity index (χ0n) is 7.69. The molecule has 0 aromatic heterocycles. The van der Waals surface area contributed by atoms with Crippen molar-refractivity contribution in [1.29, 1.82) is 0 Å². The Kier molecular flexibility index (Phi) is 3.94. The summed E-state index contributed by atoms with van der Waals surface area (Å²) in [4.78, 5) is 0. The smallest absolute Gasteiger partial charge is 0.156 e. The van der Waals surface area contributed by atoms with Gasteiger partial charge in [0.15, 0.2) is 4.33 Å². The highest BCUT2D eigenvalue weighted by molar-refractivity contribution is 6.51. The van der Waals surface area contributed by atoms with Gasteiger partial charge in [-0.25, -0.2) is 0 Å². The molecule has 77 valence electrons. The average molecular weight is 253 g/mol. The molecule has 0 N–H and O–H groups in total. The molecular formula is C10H10Cl3O. The maximum absolute atomic E-state index is 6.02. The number of hydrogen-bond donors (Lipinski definition) is 0. The molecule has 1 aromatic rings. The van der Waals surface area contributed by atoms with E-state index in [2.05, 4.69) is 6.92 Å². The van der Waals surface area contributed by atoms with Crippen molar-refractivity contribution in [2.75, 3.05) is 13.0 Å². The summed E-state index contributed by atoms with van der Waals surface area (Å²) in [5.41, 5.74) is 1.42. The SMILES string of the molecule is [CH2]c1ccc(OC)cc1C(Cl)(Cl)CCl. The van der Waals surface area contributed by atoms with Crippen LogP contribution in [0.4, 0.5) is 0 Å². The Morgan fingerprint density at radius 1 is 1.43 bits per heavy atom. The minimum Gasteiger partial charge on any atom is -0.497 e. The Bertz CT molecular complexity index is 323. The molecule has 0 spiro atoms. The van der Waals surface area contributed by atoms with E-state index in [4.69, 9.17) is 39.5 Å². The summed E-state index contributed by atoms with van der Waals surface area (Å²) in [6.07, 6.45) is 0. The Morgan fingerprint density at radius 2 is 2.07 bits per heavy atom. The summed E-state index contributed by atoms with van der Waals surface area (Å²) >= 11 is 17.7. The van der Waals surface area contributed by atoms with Gasteiger partial charge in [-0.1, -0.05) is 29.3 Å². The zero-order valence-corrected chi connectivity index (χ0v) is 9.96. The van der Waals surface area contributed by atoms with E-state index in [1.54, 1.807) is 25.3 Å². The second-order valence-corrected chi connectivity index (χ2v) is 4.61. The van der Waals surface area contributed by atoms with Crippen molar-refractivity contribution in [2.45, 2.75) is 4.33 Å². The van der Waals surface area contributed by atoms with E-state index in [1.165, 1.54) is 0 Å². The number of benzene rings is 1. The fourth-order valence-corrected chi connectivity index (χ4v) is 1.59. The zero-order chi connectivity index (χ0) is 10.8. The molecule has 4 heteroatoms. The average Bonchev–Trinajstić information content (AvgIpc) is 2.18. The fourth-order valence-electron chi connectivity index (χ4n) is 1.10. The first-order valence-electron chi connectivity index (χ1n) is 3.95. The normalized spacial score (nSPS) is 11.5. The highest BCUT2D eigenvalue weighted by atomic mass is 35.5. The molecule has 0 unspecified atom stereocenters. The molecule has 0 amide bonds. The third-order valence-electron chi connectivity index (χ3n) is 1.88. The Hall–Kier alpha value is -0.110. The number of methoxy groups -OCH3 is 1. The molecule has 0 bridgehead atoms. The molecule has 0 atom stereocenters. The van der Waals surface area contributed by atoms with Gasteiger partial charge in [0.05, 0.1) is 13.0 Å². The van der Waals surface area contributed by atoms with Gasteiger partial charge < -0.3 is 4.74 Å². The van der Waals surface area contributed by atoms with E-state index in [0.29, 0.717) is 11.3 Å². The van der Waals surface area contributed by atoms with Crippen molar-refractivity contribution in [3.63, 3.8) is 0 Å². The van der Waals surface area contributed by atoms with Crippen LogP contribution in [-0.4, -0.2) is 13.0 Å². The lowest BCUT2D eigenvalue weighted by Gasteiger charge is -2.19. The predicted molar refractivity (Wildman–Crippen MR) is 61.6 cm³/mol. The highest BCUT2D eigenvalue weighted by Crippen LogP contribution is 2.38. The minimum atomic E-state index is -1.12. The van der Waals surface area contributed by atoms with Gasteiger partial charge in [-0.05, 0) is 30.2 Å². The Labute approximate surface area is 98.9 Å². The van der Waals surface area contributed by atoms with Crippen LogP contribution < -0.4 is 4.74 Å². The third-order valence-corrected chi connectivity index (χ3v) is 3.23. The van der Waals surface area contributed by atoms with Crippen molar-refractivity contribution in [3.8, 4) is 5.75 Å². The van der Waals surface area contributed by atoms with Gasteiger partial charge in [-0.15, -0.1) is 11.6 Å². The second-order valence-electron chi connectivity index (χ2n) is 2.86. The number of halogens is 3. The second kappa shape index (κ2) is 4.61. The van der Waals surface area contributed by atoms with Gasteiger partial charge in [0.25, 0.3) is 0 Å². The van der Waals surface area contributed by atoms with Crippen LogP contribution in [-0.2, 0) is 4.33 Å². The third kappa shape index (κ3) is 2.47. The molecule has 0 saturated carbocycles. The van der Waals surface area contributed by atoms with Gasteiger partial charge >= 0.3 is 0 Å². The van der Waals surface area contributed by atoms with Crippen molar-refractivity contribution >= 4 is 34.8 Å². The van der Waals surface area contributed by atoms with Gasteiger partial charge in [0.2, 0.25) is 0 Å². The molecular weight excluding hydrogens is 242 g/mol. The summed E-state index contributed by atoms with van der Waals surface area (Å²) in [5.74, 6) is 0.786. The minimum absolute atomic E-state index is 0.103. The molecule has 0 aliphatic carbocycles. The molecule has 1 nitrogen and oxygen atoms in total.